The van der Waals surface area contributed by atoms with Crippen LogP contribution < -0.4 is 5.73 Å². The summed E-state index contributed by atoms with van der Waals surface area (Å²) in [6.45, 7) is 5.20. The highest BCUT2D eigenvalue weighted by Gasteiger charge is 2.20. The van der Waals surface area contributed by atoms with E-state index in [4.69, 9.17) is 5.73 Å². The van der Waals surface area contributed by atoms with E-state index in [-0.39, 0.29) is 0 Å². The highest BCUT2D eigenvalue weighted by Crippen LogP contribution is 2.27. The van der Waals surface area contributed by atoms with Crippen molar-refractivity contribution in [3.05, 3.63) is 33.8 Å². The molecule has 1 heterocycles. The Bertz CT molecular complexity index is 384. The monoisotopic (exact) mass is 310 g/mol. The molecule has 1 aliphatic rings. The normalized spacial score (nSPS) is 19.5. The molecule has 0 bridgehead atoms. The van der Waals surface area contributed by atoms with Crippen LogP contribution in [0.3, 0.4) is 0 Å². The minimum atomic E-state index is 0.375. The van der Waals surface area contributed by atoms with E-state index in [1.165, 1.54) is 54.4 Å². The number of benzene rings is 1. The van der Waals surface area contributed by atoms with Crippen LogP contribution in [0.15, 0.2) is 22.7 Å². The fraction of sp³-hybridized carbons (Fsp3) is 0.600. The summed E-state index contributed by atoms with van der Waals surface area (Å²) in [5, 5.41) is 0. The third-order valence-electron chi connectivity index (χ3n) is 3.89. The van der Waals surface area contributed by atoms with Crippen LogP contribution in [0.25, 0.3) is 0 Å². The van der Waals surface area contributed by atoms with Crippen molar-refractivity contribution in [1.82, 2.24) is 4.90 Å². The van der Waals surface area contributed by atoms with Crippen LogP contribution in [0, 0.1) is 6.92 Å². The van der Waals surface area contributed by atoms with E-state index in [9.17, 15) is 0 Å². The third kappa shape index (κ3) is 3.34. The van der Waals surface area contributed by atoms with Gasteiger partial charge in [-0.2, -0.15) is 0 Å². The Morgan fingerprint density at radius 2 is 1.89 bits per heavy atom. The van der Waals surface area contributed by atoms with Crippen LogP contribution >= 0.6 is 15.9 Å². The Morgan fingerprint density at radius 3 is 2.44 bits per heavy atom. The van der Waals surface area contributed by atoms with E-state index in [2.05, 4.69) is 46.0 Å². The van der Waals surface area contributed by atoms with Gasteiger partial charge in [-0.25, -0.2) is 0 Å². The first-order valence-corrected chi connectivity index (χ1v) is 7.72. The Balaban J connectivity index is 2.17. The average molecular weight is 311 g/mol. The van der Waals surface area contributed by atoms with Crippen molar-refractivity contribution in [3.63, 3.8) is 0 Å². The van der Waals surface area contributed by atoms with Gasteiger partial charge in [-0.3, -0.25) is 4.90 Å². The molecule has 0 spiro atoms. The van der Waals surface area contributed by atoms with Gasteiger partial charge in [-0.15, -0.1) is 0 Å². The van der Waals surface area contributed by atoms with Gasteiger partial charge in [0.05, 0.1) is 0 Å². The quantitative estimate of drug-likeness (QED) is 0.923. The van der Waals surface area contributed by atoms with Crippen LogP contribution in [-0.4, -0.2) is 24.5 Å². The molecule has 18 heavy (non-hydrogen) atoms. The Labute approximate surface area is 119 Å². The SMILES string of the molecule is Cc1ccc(C(CN)N2CCCCCC2)cc1Br. The molecular weight excluding hydrogens is 288 g/mol. The predicted molar refractivity (Wildman–Crippen MR) is 80.7 cm³/mol. The van der Waals surface area contributed by atoms with E-state index in [1.807, 2.05) is 0 Å². The molecule has 1 atom stereocenters. The van der Waals surface area contributed by atoms with Gasteiger partial charge in [0, 0.05) is 17.1 Å². The molecule has 1 aromatic carbocycles. The average Bonchev–Trinajstić information content (AvgIpc) is 2.64. The van der Waals surface area contributed by atoms with Crippen LogP contribution in [0.4, 0.5) is 0 Å². The minimum Gasteiger partial charge on any atom is -0.329 e. The maximum Gasteiger partial charge on any atom is 0.0470 e. The number of rotatable bonds is 3. The fourth-order valence-electron chi connectivity index (χ4n) is 2.72. The topological polar surface area (TPSA) is 29.3 Å². The molecule has 0 aromatic heterocycles. The van der Waals surface area contributed by atoms with Gasteiger partial charge in [0.2, 0.25) is 0 Å². The van der Waals surface area contributed by atoms with Crippen LogP contribution in [-0.2, 0) is 0 Å². The zero-order valence-electron chi connectivity index (χ0n) is 11.2. The largest absolute Gasteiger partial charge is 0.329 e. The van der Waals surface area contributed by atoms with Gasteiger partial charge in [-0.1, -0.05) is 40.9 Å². The lowest BCUT2D eigenvalue weighted by Gasteiger charge is -2.30. The van der Waals surface area contributed by atoms with Crippen molar-refractivity contribution >= 4 is 15.9 Å². The summed E-state index contributed by atoms with van der Waals surface area (Å²) in [4.78, 5) is 2.56. The Hall–Kier alpha value is -0.380. The highest BCUT2D eigenvalue weighted by atomic mass is 79.9. The minimum absolute atomic E-state index is 0.375. The Kier molecular flexibility index (Phi) is 5.22. The molecule has 1 aliphatic heterocycles. The zero-order valence-corrected chi connectivity index (χ0v) is 12.7. The molecule has 3 heteroatoms. The van der Waals surface area contributed by atoms with Gasteiger partial charge in [0.25, 0.3) is 0 Å². The number of aryl methyl sites for hydroxylation is 1. The first-order valence-electron chi connectivity index (χ1n) is 6.92. The lowest BCUT2D eigenvalue weighted by molar-refractivity contribution is 0.209. The summed E-state index contributed by atoms with van der Waals surface area (Å²) >= 11 is 3.62. The van der Waals surface area contributed by atoms with Gasteiger partial charge >= 0.3 is 0 Å². The molecule has 0 amide bonds. The standard InChI is InChI=1S/C15H23BrN2/c1-12-6-7-13(10-14(12)16)15(11-17)18-8-4-2-3-5-9-18/h6-7,10,15H,2-5,8-9,11,17H2,1H3. The van der Waals surface area contributed by atoms with Crippen molar-refractivity contribution in [3.8, 4) is 0 Å². The predicted octanol–water partition coefficient (Wildman–Crippen LogP) is 3.63. The highest BCUT2D eigenvalue weighted by molar-refractivity contribution is 9.10. The molecule has 2 N–H and O–H groups in total. The van der Waals surface area contributed by atoms with E-state index in [0.29, 0.717) is 12.6 Å². The van der Waals surface area contributed by atoms with E-state index >= 15 is 0 Å². The maximum atomic E-state index is 6.02. The third-order valence-corrected chi connectivity index (χ3v) is 4.74. The molecule has 1 aromatic rings. The van der Waals surface area contributed by atoms with E-state index < -0.39 is 0 Å². The van der Waals surface area contributed by atoms with Gasteiger partial charge in [0.15, 0.2) is 0 Å². The first-order chi connectivity index (χ1) is 8.72. The number of hydrogen-bond donors (Lipinski definition) is 1. The van der Waals surface area contributed by atoms with E-state index in [1.54, 1.807) is 0 Å². The number of halogens is 1. The molecule has 100 valence electrons. The molecule has 0 saturated carbocycles. The Morgan fingerprint density at radius 1 is 1.22 bits per heavy atom. The lowest BCUT2D eigenvalue weighted by atomic mass is 10.0. The molecule has 0 aliphatic carbocycles. The van der Waals surface area contributed by atoms with Gasteiger partial charge in [0.1, 0.15) is 0 Å². The second kappa shape index (κ2) is 6.69. The zero-order chi connectivity index (χ0) is 13.0. The van der Waals surface area contributed by atoms with Crippen molar-refractivity contribution in [2.45, 2.75) is 38.6 Å². The van der Waals surface area contributed by atoms with Crippen LogP contribution in [0.2, 0.25) is 0 Å². The smallest absolute Gasteiger partial charge is 0.0470 e. The summed E-state index contributed by atoms with van der Waals surface area (Å²) in [5.74, 6) is 0. The molecule has 1 saturated heterocycles. The molecule has 1 fully saturated rings. The number of hydrogen-bond acceptors (Lipinski definition) is 2. The van der Waals surface area contributed by atoms with Crippen LogP contribution in [0.5, 0.6) is 0 Å². The fourth-order valence-corrected chi connectivity index (χ4v) is 3.12. The molecule has 1 unspecified atom stereocenters. The van der Waals surface area contributed by atoms with E-state index in [0.717, 1.165) is 0 Å². The summed E-state index contributed by atoms with van der Waals surface area (Å²) < 4.78 is 1.19. The molecule has 2 rings (SSSR count). The number of nitrogens with two attached hydrogens (primary N) is 1. The first kappa shape index (κ1) is 14.0. The van der Waals surface area contributed by atoms with Crippen molar-refractivity contribution < 1.29 is 0 Å². The van der Waals surface area contributed by atoms with Crippen molar-refractivity contribution in [2.24, 2.45) is 5.73 Å². The number of likely N-dealkylation sites (tertiary alicyclic amines) is 1. The van der Waals surface area contributed by atoms with Crippen molar-refractivity contribution in [2.75, 3.05) is 19.6 Å². The van der Waals surface area contributed by atoms with Crippen LogP contribution in [0.1, 0.15) is 42.9 Å². The summed E-state index contributed by atoms with van der Waals surface area (Å²) in [6, 6.07) is 7.01. The lowest BCUT2D eigenvalue weighted by Crippen LogP contribution is -2.34. The van der Waals surface area contributed by atoms with Gasteiger partial charge < -0.3 is 5.73 Å². The number of nitrogens with zero attached hydrogens (tertiary/aromatic N) is 1. The maximum absolute atomic E-state index is 6.02. The second-order valence-electron chi connectivity index (χ2n) is 5.21. The molecule has 0 radical (unpaired) electrons. The van der Waals surface area contributed by atoms with Gasteiger partial charge in [-0.05, 0) is 50.0 Å². The summed E-state index contributed by atoms with van der Waals surface area (Å²) in [6.07, 6.45) is 5.35. The van der Waals surface area contributed by atoms with Crippen molar-refractivity contribution in [1.29, 1.82) is 0 Å². The second-order valence-corrected chi connectivity index (χ2v) is 6.06. The summed E-state index contributed by atoms with van der Waals surface area (Å²) in [5.41, 5.74) is 8.64. The molecule has 2 nitrogen and oxygen atoms in total. The molecular formula is C15H23BrN2. The summed E-state index contributed by atoms with van der Waals surface area (Å²) in [7, 11) is 0.